The molecule has 4 saturated carbocycles. The molecule has 0 radical (unpaired) electrons. The monoisotopic (exact) mass is 330 g/mol. The number of rotatable bonds is 6. The average molecular weight is 330 g/mol. The first kappa shape index (κ1) is 16.2. The molecule has 4 fully saturated rings. The van der Waals surface area contributed by atoms with Gasteiger partial charge >= 0.3 is 0 Å². The van der Waals surface area contributed by atoms with Crippen LogP contribution in [0.5, 0.6) is 0 Å². The van der Waals surface area contributed by atoms with Gasteiger partial charge in [0.15, 0.2) is 0 Å². The highest BCUT2D eigenvalue weighted by Gasteiger charge is 2.59. The van der Waals surface area contributed by atoms with Crippen molar-refractivity contribution in [3.63, 3.8) is 0 Å². The van der Waals surface area contributed by atoms with Gasteiger partial charge < -0.3 is 11.5 Å². The van der Waals surface area contributed by atoms with E-state index in [9.17, 15) is 13.2 Å². The van der Waals surface area contributed by atoms with Gasteiger partial charge in [-0.15, -0.1) is 0 Å². The van der Waals surface area contributed by atoms with Crippen LogP contribution in [0.15, 0.2) is 0 Å². The van der Waals surface area contributed by atoms with Crippen LogP contribution < -0.4 is 11.5 Å². The first-order valence-corrected chi connectivity index (χ1v) is 9.73. The maximum Gasteiger partial charge on any atom is 0.264 e. The second-order valence-corrected chi connectivity index (χ2v) is 9.72. The summed E-state index contributed by atoms with van der Waals surface area (Å²) in [6.07, 6.45) is 6.99. The van der Waals surface area contributed by atoms with Crippen LogP contribution in [0, 0.1) is 22.7 Å². The normalized spacial score (nSPS) is 41.5. The third-order valence-electron chi connectivity index (χ3n) is 6.15. The van der Waals surface area contributed by atoms with Gasteiger partial charge in [0.25, 0.3) is 10.1 Å². The number of primary amides is 1. The van der Waals surface area contributed by atoms with Gasteiger partial charge in [-0.25, -0.2) is 0 Å². The number of hydrogen-bond donors (Lipinski definition) is 3. The molecule has 6 nitrogen and oxygen atoms in total. The molecule has 4 rings (SSSR count). The molecule has 126 valence electrons. The van der Waals surface area contributed by atoms with Gasteiger partial charge in [-0.2, -0.15) is 8.42 Å². The van der Waals surface area contributed by atoms with Crippen molar-refractivity contribution in [2.24, 2.45) is 34.1 Å². The smallest absolute Gasteiger partial charge is 0.264 e. The van der Waals surface area contributed by atoms with Crippen LogP contribution >= 0.6 is 0 Å². The number of nitrogens with two attached hydrogens (primary N) is 2. The average Bonchev–Trinajstić information content (AvgIpc) is 2.33. The molecule has 0 aromatic carbocycles. The van der Waals surface area contributed by atoms with E-state index in [0.29, 0.717) is 11.8 Å². The van der Waals surface area contributed by atoms with Gasteiger partial charge in [-0.3, -0.25) is 9.35 Å². The molecule has 4 aliphatic rings. The predicted octanol–water partition coefficient (Wildman–Crippen LogP) is 1.05. The van der Waals surface area contributed by atoms with Gasteiger partial charge in [0.2, 0.25) is 5.91 Å². The first-order valence-electron chi connectivity index (χ1n) is 8.12. The Kier molecular flexibility index (Phi) is 3.81. The lowest BCUT2D eigenvalue weighted by molar-refractivity contribution is -0.155. The molecule has 22 heavy (non-hydrogen) atoms. The number of hydrogen-bond acceptors (Lipinski definition) is 4. The SMILES string of the molecule is NC(=O)C12CC3CC(CC(CC(N)CCS(=O)(=O)O)(C3)C1)C2. The third-order valence-corrected chi connectivity index (χ3v) is 6.90. The van der Waals surface area contributed by atoms with Crippen LogP contribution in [0.25, 0.3) is 0 Å². The number of carbonyl (C=O) groups is 1. The Morgan fingerprint density at radius 3 is 2.32 bits per heavy atom. The van der Waals surface area contributed by atoms with Crippen molar-refractivity contribution in [3.05, 3.63) is 0 Å². The Hall–Kier alpha value is -0.660. The summed E-state index contributed by atoms with van der Waals surface area (Å²) in [7, 11) is -3.96. The van der Waals surface area contributed by atoms with Crippen molar-refractivity contribution in [2.45, 2.75) is 57.4 Å². The molecule has 0 aromatic rings. The lowest BCUT2D eigenvalue weighted by Gasteiger charge is -2.61. The zero-order valence-electron chi connectivity index (χ0n) is 12.8. The maximum atomic E-state index is 12.0. The Morgan fingerprint density at radius 2 is 1.82 bits per heavy atom. The van der Waals surface area contributed by atoms with Crippen molar-refractivity contribution in [2.75, 3.05) is 5.75 Å². The second kappa shape index (κ2) is 5.18. The Morgan fingerprint density at radius 1 is 1.23 bits per heavy atom. The fourth-order valence-electron chi connectivity index (χ4n) is 5.94. The molecular formula is C15H26N2O4S. The van der Waals surface area contributed by atoms with Crippen molar-refractivity contribution < 1.29 is 17.8 Å². The van der Waals surface area contributed by atoms with Crippen molar-refractivity contribution in [1.29, 1.82) is 0 Å². The highest BCUT2D eigenvalue weighted by Crippen LogP contribution is 2.66. The standard InChI is InChI=1S/C15H26N2O4S/c16-12(1-2-22(19,20)21)8-14-4-10-3-11(5-14)7-15(6-10,9-14)13(17)18/h10-12H,1-9,16H2,(H2,17,18)(H,19,20,21). The van der Waals surface area contributed by atoms with Crippen LogP contribution in [0.4, 0.5) is 0 Å². The summed E-state index contributed by atoms with van der Waals surface area (Å²) < 4.78 is 30.6. The van der Waals surface area contributed by atoms with Crippen LogP contribution in [0.2, 0.25) is 0 Å². The summed E-state index contributed by atoms with van der Waals surface area (Å²) in [5, 5.41) is 0. The lowest BCUT2D eigenvalue weighted by Crippen LogP contribution is -2.57. The topological polar surface area (TPSA) is 123 Å². The molecule has 0 heterocycles. The minimum atomic E-state index is -3.96. The summed E-state index contributed by atoms with van der Waals surface area (Å²) in [6.45, 7) is 0. The molecule has 4 bridgehead atoms. The Labute approximate surface area is 131 Å². The Bertz CT molecular complexity index is 560. The third kappa shape index (κ3) is 3.03. The lowest BCUT2D eigenvalue weighted by atomic mass is 9.43. The van der Waals surface area contributed by atoms with Gasteiger partial charge in [0.1, 0.15) is 0 Å². The number of carbonyl (C=O) groups excluding carboxylic acids is 1. The quantitative estimate of drug-likeness (QED) is 0.628. The Balaban J connectivity index is 1.72. The molecule has 3 unspecified atom stereocenters. The van der Waals surface area contributed by atoms with E-state index in [1.807, 2.05) is 0 Å². The van der Waals surface area contributed by atoms with E-state index in [-0.39, 0.29) is 35.0 Å². The van der Waals surface area contributed by atoms with Crippen LogP contribution in [-0.4, -0.2) is 30.7 Å². The minimum absolute atomic E-state index is 0.0394. The zero-order chi connectivity index (χ0) is 16.2. The summed E-state index contributed by atoms with van der Waals surface area (Å²) in [5.74, 6) is 0.653. The molecule has 1 amide bonds. The summed E-state index contributed by atoms with van der Waals surface area (Å²) >= 11 is 0. The van der Waals surface area contributed by atoms with Crippen molar-refractivity contribution >= 4 is 16.0 Å². The summed E-state index contributed by atoms with van der Waals surface area (Å²) in [4.78, 5) is 12.0. The van der Waals surface area contributed by atoms with E-state index in [2.05, 4.69) is 0 Å². The highest BCUT2D eigenvalue weighted by molar-refractivity contribution is 7.85. The van der Waals surface area contributed by atoms with E-state index in [1.165, 1.54) is 6.42 Å². The van der Waals surface area contributed by atoms with Crippen LogP contribution in [-0.2, 0) is 14.9 Å². The van der Waals surface area contributed by atoms with E-state index in [0.717, 1.165) is 38.5 Å². The zero-order valence-corrected chi connectivity index (χ0v) is 13.6. The highest BCUT2D eigenvalue weighted by atomic mass is 32.2. The van der Waals surface area contributed by atoms with Crippen LogP contribution in [0.1, 0.15) is 51.4 Å². The molecule has 0 aliphatic heterocycles. The fraction of sp³-hybridized carbons (Fsp3) is 0.933. The van der Waals surface area contributed by atoms with E-state index in [4.69, 9.17) is 16.0 Å². The molecule has 3 atom stereocenters. The van der Waals surface area contributed by atoms with Gasteiger partial charge in [0.05, 0.1) is 11.2 Å². The predicted molar refractivity (Wildman–Crippen MR) is 82.4 cm³/mol. The fourth-order valence-corrected chi connectivity index (χ4v) is 6.54. The first-order chi connectivity index (χ1) is 10.1. The summed E-state index contributed by atoms with van der Waals surface area (Å²) in [6, 6.07) is -0.261. The van der Waals surface area contributed by atoms with Gasteiger partial charge in [0, 0.05) is 6.04 Å². The largest absolute Gasteiger partial charge is 0.369 e. The van der Waals surface area contributed by atoms with E-state index < -0.39 is 10.1 Å². The molecular weight excluding hydrogens is 304 g/mol. The molecule has 5 N–H and O–H groups in total. The molecule has 0 saturated heterocycles. The minimum Gasteiger partial charge on any atom is -0.369 e. The van der Waals surface area contributed by atoms with Crippen molar-refractivity contribution in [1.82, 2.24) is 0 Å². The summed E-state index contributed by atoms with van der Waals surface area (Å²) in [5.41, 5.74) is 11.5. The molecule has 7 heteroatoms. The molecule has 4 aliphatic carbocycles. The van der Waals surface area contributed by atoms with Crippen molar-refractivity contribution in [3.8, 4) is 0 Å². The van der Waals surface area contributed by atoms with Crippen LogP contribution in [0.3, 0.4) is 0 Å². The van der Waals surface area contributed by atoms with E-state index >= 15 is 0 Å². The number of amides is 1. The van der Waals surface area contributed by atoms with Gasteiger partial charge in [-0.1, -0.05) is 0 Å². The van der Waals surface area contributed by atoms with Gasteiger partial charge in [-0.05, 0) is 68.6 Å². The molecule has 0 aromatic heterocycles. The second-order valence-electron chi connectivity index (χ2n) is 8.14. The molecule has 0 spiro atoms. The van der Waals surface area contributed by atoms with E-state index in [1.54, 1.807) is 0 Å². The maximum absolute atomic E-state index is 12.0.